The summed E-state index contributed by atoms with van der Waals surface area (Å²) < 4.78 is 10.9. The third kappa shape index (κ3) is 2.68. The van der Waals surface area contributed by atoms with Gasteiger partial charge in [-0.25, -0.2) is 0 Å². The van der Waals surface area contributed by atoms with Crippen LogP contribution in [0.15, 0.2) is 16.5 Å². The molecule has 2 heterocycles. The van der Waals surface area contributed by atoms with Gasteiger partial charge in [-0.3, -0.25) is 4.90 Å². The molecule has 1 fully saturated rings. The minimum atomic E-state index is -0.574. The van der Waals surface area contributed by atoms with E-state index in [2.05, 4.69) is 11.0 Å². The number of hydrogen-bond acceptors (Lipinski definition) is 4. The highest BCUT2D eigenvalue weighted by Crippen LogP contribution is 2.26. The highest BCUT2D eigenvalue weighted by molar-refractivity contribution is 5.08. The summed E-state index contributed by atoms with van der Waals surface area (Å²) in [4.78, 5) is 2.30. The fourth-order valence-electron chi connectivity index (χ4n) is 2.22. The van der Waals surface area contributed by atoms with E-state index in [4.69, 9.17) is 14.4 Å². The Morgan fingerprint density at radius 2 is 2.18 bits per heavy atom. The van der Waals surface area contributed by atoms with Crippen LogP contribution in [0, 0.1) is 18.3 Å². The average molecular weight is 234 g/mol. The number of aryl methyl sites for hydroxylation is 1. The van der Waals surface area contributed by atoms with Crippen molar-refractivity contribution >= 4 is 0 Å². The van der Waals surface area contributed by atoms with Crippen LogP contribution in [0.3, 0.4) is 0 Å². The summed E-state index contributed by atoms with van der Waals surface area (Å²) in [6, 6.07) is 6.28. The number of furan rings is 1. The van der Waals surface area contributed by atoms with Crippen molar-refractivity contribution < 1.29 is 9.15 Å². The smallest absolute Gasteiger partial charge is 0.156 e. The Hall–Kier alpha value is -1.31. The molecule has 1 saturated heterocycles. The number of ether oxygens (including phenoxy) is 1. The van der Waals surface area contributed by atoms with Gasteiger partial charge in [0.15, 0.2) is 5.60 Å². The molecule has 1 aromatic heterocycles. The van der Waals surface area contributed by atoms with Crippen molar-refractivity contribution in [3.8, 4) is 6.07 Å². The van der Waals surface area contributed by atoms with Gasteiger partial charge in [-0.2, -0.15) is 5.26 Å². The predicted octanol–water partition coefficient (Wildman–Crippen LogP) is 2.09. The van der Waals surface area contributed by atoms with Gasteiger partial charge in [-0.05, 0) is 19.1 Å². The summed E-state index contributed by atoms with van der Waals surface area (Å²) >= 11 is 0. The molecule has 0 saturated carbocycles. The van der Waals surface area contributed by atoms with E-state index in [0.717, 1.165) is 44.0 Å². The minimum Gasteiger partial charge on any atom is -0.465 e. The summed E-state index contributed by atoms with van der Waals surface area (Å²) in [7, 11) is 1.62. The fourth-order valence-corrected chi connectivity index (χ4v) is 2.22. The molecule has 0 aromatic carbocycles. The molecule has 0 atom stereocenters. The van der Waals surface area contributed by atoms with E-state index in [1.54, 1.807) is 7.11 Å². The molecule has 1 aliphatic heterocycles. The Bertz CT molecular complexity index is 411. The number of nitriles is 1. The lowest BCUT2D eigenvalue weighted by Gasteiger charge is -2.35. The Labute approximate surface area is 102 Å². The van der Waals surface area contributed by atoms with Crippen molar-refractivity contribution in [3.05, 3.63) is 23.7 Å². The van der Waals surface area contributed by atoms with Crippen LogP contribution in [0.4, 0.5) is 0 Å². The quantitative estimate of drug-likeness (QED) is 0.803. The first-order chi connectivity index (χ1) is 8.17. The largest absolute Gasteiger partial charge is 0.465 e. The van der Waals surface area contributed by atoms with Crippen LogP contribution < -0.4 is 0 Å². The van der Waals surface area contributed by atoms with Crippen LogP contribution in [0.2, 0.25) is 0 Å². The van der Waals surface area contributed by atoms with Crippen LogP contribution in [-0.2, 0) is 11.3 Å². The second kappa shape index (κ2) is 4.91. The topological polar surface area (TPSA) is 49.4 Å². The van der Waals surface area contributed by atoms with Crippen LogP contribution in [0.1, 0.15) is 24.4 Å². The van der Waals surface area contributed by atoms with E-state index in [0.29, 0.717) is 0 Å². The monoisotopic (exact) mass is 234 g/mol. The molecule has 4 heteroatoms. The van der Waals surface area contributed by atoms with Gasteiger partial charge in [0.25, 0.3) is 0 Å². The zero-order valence-corrected chi connectivity index (χ0v) is 10.4. The van der Waals surface area contributed by atoms with Gasteiger partial charge < -0.3 is 9.15 Å². The van der Waals surface area contributed by atoms with E-state index in [-0.39, 0.29) is 0 Å². The number of hydrogen-bond donors (Lipinski definition) is 0. The molecule has 0 unspecified atom stereocenters. The van der Waals surface area contributed by atoms with Gasteiger partial charge in [0.2, 0.25) is 0 Å². The second-order valence-corrected chi connectivity index (χ2v) is 4.60. The normalized spacial score (nSPS) is 20.1. The average Bonchev–Trinajstić information content (AvgIpc) is 2.76. The first kappa shape index (κ1) is 12.2. The Morgan fingerprint density at radius 3 is 2.65 bits per heavy atom. The number of methoxy groups -OCH3 is 1. The standard InChI is InChI=1S/C13H18N2O2/c1-11-3-4-12(17-11)9-15-7-5-13(10-14,16-2)6-8-15/h3-4H,5-9H2,1-2H3. The summed E-state index contributed by atoms with van der Waals surface area (Å²) in [5.74, 6) is 1.93. The molecule has 4 nitrogen and oxygen atoms in total. The zero-order valence-electron chi connectivity index (χ0n) is 10.4. The van der Waals surface area contributed by atoms with Gasteiger partial charge in [0.05, 0.1) is 12.6 Å². The SMILES string of the molecule is COC1(C#N)CCN(Cc2ccc(C)o2)CC1. The maximum Gasteiger partial charge on any atom is 0.156 e. The van der Waals surface area contributed by atoms with Gasteiger partial charge >= 0.3 is 0 Å². The third-order valence-corrected chi connectivity index (χ3v) is 3.43. The minimum absolute atomic E-state index is 0.574. The van der Waals surface area contributed by atoms with Crippen LogP contribution >= 0.6 is 0 Å². The first-order valence-corrected chi connectivity index (χ1v) is 5.91. The van der Waals surface area contributed by atoms with Crippen LogP contribution in [-0.4, -0.2) is 30.7 Å². The molecule has 0 amide bonds. The molecule has 0 bridgehead atoms. The highest BCUT2D eigenvalue weighted by atomic mass is 16.5. The van der Waals surface area contributed by atoms with Gasteiger partial charge in [0, 0.05) is 33.0 Å². The van der Waals surface area contributed by atoms with Crippen molar-refractivity contribution in [2.75, 3.05) is 20.2 Å². The van der Waals surface area contributed by atoms with Crippen LogP contribution in [0.25, 0.3) is 0 Å². The van der Waals surface area contributed by atoms with Crippen molar-refractivity contribution in [1.29, 1.82) is 5.26 Å². The number of nitrogens with zero attached hydrogens (tertiary/aromatic N) is 2. The van der Waals surface area contributed by atoms with Gasteiger partial charge in [-0.1, -0.05) is 0 Å². The molecule has 0 radical (unpaired) electrons. The highest BCUT2D eigenvalue weighted by Gasteiger charge is 2.34. The predicted molar refractivity (Wildman–Crippen MR) is 63.3 cm³/mol. The summed E-state index contributed by atoms with van der Waals surface area (Å²) in [5.41, 5.74) is -0.574. The van der Waals surface area contributed by atoms with Crippen molar-refractivity contribution in [2.24, 2.45) is 0 Å². The molecule has 0 spiro atoms. The zero-order chi connectivity index (χ0) is 12.3. The number of rotatable bonds is 3. The van der Waals surface area contributed by atoms with Gasteiger partial charge in [0.1, 0.15) is 11.5 Å². The molecular weight excluding hydrogens is 216 g/mol. The van der Waals surface area contributed by atoms with E-state index in [1.165, 1.54) is 0 Å². The molecule has 1 aromatic rings. The van der Waals surface area contributed by atoms with E-state index >= 15 is 0 Å². The molecule has 1 aliphatic rings. The molecule has 0 N–H and O–H groups in total. The lowest BCUT2D eigenvalue weighted by atomic mass is 9.93. The Balaban J connectivity index is 1.90. The molecule has 92 valence electrons. The Morgan fingerprint density at radius 1 is 1.47 bits per heavy atom. The molecular formula is C13H18N2O2. The maximum atomic E-state index is 9.11. The van der Waals surface area contributed by atoms with E-state index in [1.807, 2.05) is 19.1 Å². The summed E-state index contributed by atoms with van der Waals surface area (Å²) in [6.45, 7) is 4.52. The van der Waals surface area contributed by atoms with Gasteiger partial charge in [-0.15, -0.1) is 0 Å². The summed E-state index contributed by atoms with van der Waals surface area (Å²) in [5, 5.41) is 9.11. The van der Waals surface area contributed by atoms with Crippen LogP contribution in [0.5, 0.6) is 0 Å². The summed E-state index contributed by atoms with van der Waals surface area (Å²) in [6.07, 6.45) is 1.53. The second-order valence-electron chi connectivity index (χ2n) is 4.60. The molecule has 17 heavy (non-hydrogen) atoms. The Kier molecular flexibility index (Phi) is 3.51. The lowest BCUT2D eigenvalue weighted by molar-refractivity contribution is -0.0168. The number of likely N-dealkylation sites (tertiary alicyclic amines) is 1. The fraction of sp³-hybridized carbons (Fsp3) is 0.615. The lowest BCUT2D eigenvalue weighted by Crippen LogP contribution is -2.44. The third-order valence-electron chi connectivity index (χ3n) is 3.43. The van der Waals surface area contributed by atoms with Crippen molar-refractivity contribution in [3.63, 3.8) is 0 Å². The maximum absolute atomic E-state index is 9.11. The van der Waals surface area contributed by atoms with E-state index in [9.17, 15) is 0 Å². The van der Waals surface area contributed by atoms with Crippen molar-refractivity contribution in [2.45, 2.75) is 31.9 Å². The number of piperidine rings is 1. The van der Waals surface area contributed by atoms with Crippen molar-refractivity contribution in [1.82, 2.24) is 4.90 Å². The first-order valence-electron chi connectivity index (χ1n) is 5.91. The van der Waals surface area contributed by atoms with E-state index < -0.39 is 5.60 Å². The molecule has 0 aliphatic carbocycles. The molecule has 2 rings (SSSR count).